The molecule has 8 heteroatoms. The van der Waals surface area contributed by atoms with E-state index in [0.717, 1.165) is 50.3 Å². The second kappa shape index (κ2) is 8.06. The molecule has 1 amide bonds. The molecule has 8 nitrogen and oxygen atoms in total. The van der Waals surface area contributed by atoms with Gasteiger partial charge in [-0.3, -0.25) is 14.6 Å². The number of nitrogens with one attached hydrogen (secondary N) is 1. The Labute approximate surface area is 158 Å². The number of benzene rings is 1. The van der Waals surface area contributed by atoms with Gasteiger partial charge in [0.25, 0.3) is 0 Å². The van der Waals surface area contributed by atoms with Crippen LogP contribution < -0.4 is 10.1 Å². The van der Waals surface area contributed by atoms with E-state index in [-0.39, 0.29) is 5.91 Å². The van der Waals surface area contributed by atoms with Gasteiger partial charge >= 0.3 is 0 Å². The third kappa shape index (κ3) is 4.84. The predicted molar refractivity (Wildman–Crippen MR) is 99.2 cm³/mol. The summed E-state index contributed by atoms with van der Waals surface area (Å²) in [6, 6.07) is 8.04. The van der Waals surface area contributed by atoms with Gasteiger partial charge in [-0.2, -0.15) is 4.98 Å². The van der Waals surface area contributed by atoms with Crippen molar-refractivity contribution < 1.29 is 14.1 Å². The number of rotatable bonds is 7. The van der Waals surface area contributed by atoms with Crippen LogP contribution in [0.5, 0.6) is 5.75 Å². The standard InChI is InChI=1S/C19H25N5O3/c1-26-16-4-2-3-14(11-16)19-21-18(27-22-19)13-24-9-7-23(8-10-24)12-17(25)20-15-5-6-15/h2-4,11,15H,5-10,12-13H2,1H3,(H,20,25). The molecule has 27 heavy (non-hydrogen) atoms. The van der Waals surface area contributed by atoms with Crippen molar-refractivity contribution in [1.29, 1.82) is 0 Å². The van der Waals surface area contributed by atoms with Gasteiger partial charge in [0.2, 0.25) is 17.6 Å². The number of carbonyl (C=O) groups is 1. The van der Waals surface area contributed by atoms with Crippen molar-refractivity contribution >= 4 is 5.91 Å². The van der Waals surface area contributed by atoms with Crippen LogP contribution in [0.4, 0.5) is 0 Å². The summed E-state index contributed by atoms with van der Waals surface area (Å²) in [5.74, 6) is 2.08. The molecular weight excluding hydrogens is 346 g/mol. The van der Waals surface area contributed by atoms with E-state index in [1.165, 1.54) is 0 Å². The smallest absolute Gasteiger partial charge is 0.241 e. The van der Waals surface area contributed by atoms with E-state index in [1.807, 2.05) is 24.3 Å². The fraction of sp³-hybridized carbons (Fsp3) is 0.526. The number of carbonyl (C=O) groups excluding carboxylic acids is 1. The lowest BCUT2D eigenvalue weighted by Gasteiger charge is -2.33. The largest absolute Gasteiger partial charge is 0.497 e. The highest BCUT2D eigenvalue weighted by Gasteiger charge is 2.25. The minimum Gasteiger partial charge on any atom is -0.497 e. The van der Waals surface area contributed by atoms with Crippen LogP contribution in [0.1, 0.15) is 18.7 Å². The third-order valence-corrected chi connectivity index (χ3v) is 4.93. The van der Waals surface area contributed by atoms with E-state index >= 15 is 0 Å². The van der Waals surface area contributed by atoms with E-state index in [9.17, 15) is 4.79 Å². The van der Waals surface area contributed by atoms with E-state index < -0.39 is 0 Å². The molecule has 2 aliphatic rings. The van der Waals surface area contributed by atoms with Crippen LogP contribution in [-0.2, 0) is 11.3 Å². The highest BCUT2D eigenvalue weighted by molar-refractivity contribution is 5.78. The summed E-state index contributed by atoms with van der Waals surface area (Å²) in [5, 5.41) is 7.13. The quantitative estimate of drug-likeness (QED) is 0.781. The molecule has 1 aromatic carbocycles. The molecule has 1 saturated carbocycles. The van der Waals surface area contributed by atoms with Crippen molar-refractivity contribution in [2.45, 2.75) is 25.4 Å². The molecule has 0 radical (unpaired) electrons. The van der Waals surface area contributed by atoms with E-state index in [0.29, 0.717) is 30.8 Å². The predicted octanol–water partition coefficient (Wildman–Crippen LogP) is 1.14. The molecular formula is C19H25N5O3. The Morgan fingerprint density at radius 3 is 2.78 bits per heavy atom. The van der Waals surface area contributed by atoms with E-state index in [1.54, 1.807) is 7.11 Å². The molecule has 0 spiro atoms. The monoisotopic (exact) mass is 371 g/mol. The highest BCUT2D eigenvalue weighted by Crippen LogP contribution is 2.22. The van der Waals surface area contributed by atoms with Crippen molar-refractivity contribution in [3.63, 3.8) is 0 Å². The summed E-state index contributed by atoms with van der Waals surface area (Å²) in [6.07, 6.45) is 2.25. The van der Waals surface area contributed by atoms with Gasteiger partial charge in [0, 0.05) is 37.8 Å². The molecule has 0 bridgehead atoms. The zero-order valence-electron chi connectivity index (χ0n) is 15.6. The number of amides is 1. The zero-order chi connectivity index (χ0) is 18.6. The van der Waals surface area contributed by atoms with Crippen LogP contribution in [0.25, 0.3) is 11.4 Å². The molecule has 0 atom stereocenters. The summed E-state index contributed by atoms with van der Waals surface area (Å²) in [5.41, 5.74) is 0.871. The lowest BCUT2D eigenvalue weighted by atomic mass is 10.2. The minimum atomic E-state index is 0.144. The Hall–Kier alpha value is -2.45. The molecule has 144 valence electrons. The van der Waals surface area contributed by atoms with Crippen molar-refractivity contribution in [2.75, 3.05) is 39.8 Å². The Kier molecular flexibility index (Phi) is 5.35. The van der Waals surface area contributed by atoms with E-state index in [2.05, 4.69) is 25.3 Å². The van der Waals surface area contributed by atoms with Gasteiger partial charge < -0.3 is 14.6 Å². The molecule has 2 aromatic rings. The average Bonchev–Trinajstić information content (AvgIpc) is 3.37. The van der Waals surface area contributed by atoms with Gasteiger partial charge in [0.1, 0.15) is 5.75 Å². The van der Waals surface area contributed by atoms with Crippen LogP contribution in [0.15, 0.2) is 28.8 Å². The Bertz CT molecular complexity index is 781. The summed E-state index contributed by atoms with van der Waals surface area (Å²) >= 11 is 0. The number of hydrogen-bond acceptors (Lipinski definition) is 7. The summed E-state index contributed by atoms with van der Waals surface area (Å²) < 4.78 is 10.7. The van der Waals surface area contributed by atoms with Crippen molar-refractivity contribution in [1.82, 2.24) is 25.3 Å². The lowest BCUT2D eigenvalue weighted by molar-refractivity contribution is -0.122. The summed E-state index contributed by atoms with van der Waals surface area (Å²) in [7, 11) is 1.63. The molecule has 1 N–H and O–H groups in total. The van der Waals surface area contributed by atoms with Gasteiger partial charge in [0.15, 0.2) is 0 Å². The maximum Gasteiger partial charge on any atom is 0.241 e. The first-order chi connectivity index (χ1) is 13.2. The first-order valence-electron chi connectivity index (χ1n) is 9.41. The maximum atomic E-state index is 11.9. The topological polar surface area (TPSA) is 83.7 Å². The van der Waals surface area contributed by atoms with Crippen LogP contribution in [0, 0.1) is 0 Å². The maximum absolute atomic E-state index is 11.9. The number of hydrogen-bond donors (Lipinski definition) is 1. The van der Waals surface area contributed by atoms with Gasteiger partial charge in [-0.25, -0.2) is 0 Å². The molecule has 4 rings (SSSR count). The Balaban J connectivity index is 1.26. The SMILES string of the molecule is COc1cccc(-c2noc(CN3CCN(CC(=O)NC4CC4)CC3)n2)c1. The fourth-order valence-electron chi connectivity index (χ4n) is 3.20. The van der Waals surface area contributed by atoms with Crippen LogP contribution in [-0.4, -0.2) is 71.7 Å². The molecule has 1 aromatic heterocycles. The summed E-state index contributed by atoms with van der Waals surface area (Å²) in [4.78, 5) is 20.9. The number of nitrogens with zero attached hydrogens (tertiary/aromatic N) is 4. The molecule has 2 heterocycles. The lowest BCUT2D eigenvalue weighted by Crippen LogP contribution is -2.49. The average molecular weight is 371 g/mol. The third-order valence-electron chi connectivity index (χ3n) is 4.93. The molecule has 1 aliphatic carbocycles. The van der Waals surface area contributed by atoms with Gasteiger partial charge in [-0.1, -0.05) is 17.3 Å². The van der Waals surface area contributed by atoms with Crippen molar-refractivity contribution in [2.24, 2.45) is 0 Å². The summed E-state index contributed by atoms with van der Waals surface area (Å²) in [6.45, 7) is 4.62. The molecule has 2 fully saturated rings. The van der Waals surface area contributed by atoms with Crippen LogP contribution in [0.3, 0.4) is 0 Å². The second-order valence-corrected chi connectivity index (χ2v) is 7.14. The highest BCUT2D eigenvalue weighted by atomic mass is 16.5. The number of methoxy groups -OCH3 is 1. The first kappa shape index (κ1) is 17.9. The number of piperazine rings is 1. The molecule has 1 aliphatic heterocycles. The van der Waals surface area contributed by atoms with Crippen molar-refractivity contribution in [3.05, 3.63) is 30.2 Å². The Morgan fingerprint density at radius 2 is 2.04 bits per heavy atom. The number of ether oxygens (including phenoxy) is 1. The van der Waals surface area contributed by atoms with Crippen LogP contribution in [0.2, 0.25) is 0 Å². The van der Waals surface area contributed by atoms with Gasteiger partial charge in [0.05, 0.1) is 20.2 Å². The molecule has 0 unspecified atom stereocenters. The van der Waals surface area contributed by atoms with Crippen LogP contribution >= 0.6 is 0 Å². The Morgan fingerprint density at radius 1 is 1.26 bits per heavy atom. The van der Waals surface area contributed by atoms with E-state index in [4.69, 9.17) is 9.26 Å². The minimum absolute atomic E-state index is 0.144. The van der Waals surface area contributed by atoms with Gasteiger partial charge in [-0.05, 0) is 25.0 Å². The fourth-order valence-corrected chi connectivity index (χ4v) is 3.20. The first-order valence-corrected chi connectivity index (χ1v) is 9.41. The zero-order valence-corrected chi connectivity index (χ0v) is 15.6. The number of aromatic nitrogens is 2. The van der Waals surface area contributed by atoms with Crippen molar-refractivity contribution in [3.8, 4) is 17.1 Å². The second-order valence-electron chi connectivity index (χ2n) is 7.14. The molecule has 1 saturated heterocycles. The normalized spacial score (nSPS) is 18.4. The van der Waals surface area contributed by atoms with Gasteiger partial charge in [-0.15, -0.1) is 0 Å².